The molecule has 3 unspecified atom stereocenters. The van der Waals surface area contributed by atoms with Crippen LogP contribution >= 0.6 is 0 Å². The molecule has 3 atom stereocenters. The molecule has 112 valence electrons. The van der Waals surface area contributed by atoms with Crippen molar-refractivity contribution in [1.82, 2.24) is 4.90 Å². The normalized spacial score (nSPS) is 25.1. The number of hydrogen-bond acceptors (Lipinski definition) is 2. The number of nitrogens with two attached hydrogens (primary N) is 1. The van der Waals surface area contributed by atoms with Gasteiger partial charge in [0.05, 0.1) is 0 Å². The molecule has 2 N–H and O–H groups in total. The van der Waals surface area contributed by atoms with Crippen LogP contribution in [0.1, 0.15) is 38.3 Å². The molecule has 21 heavy (non-hydrogen) atoms. The van der Waals surface area contributed by atoms with Crippen molar-refractivity contribution in [3.63, 3.8) is 0 Å². The summed E-state index contributed by atoms with van der Waals surface area (Å²) >= 11 is 0. The molecular weight excluding hydrogens is 256 g/mol. The molecule has 0 aromatic heterocycles. The van der Waals surface area contributed by atoms with E-state index in [0.29, 0.717) is 6.04 Å². The minimum atomic E-state index is 0.102. The Kier molecular flexibility index (Phi) is 4.27. The lowest BCUT2D eigenvalue weighted by molar-refractivity contribution is 0.122. The molecule has 2 heteroatoms. The molecule has 0 radical (unpaired) electrons. The maximum absolute atomic E-state index is 6.47. The second kappa shape index (κ2) is 6.17. The Bertz CT molecular complexity index is 607. The molecule has 1 saturated heterocycles. The van der Waals surface area contributed by atoms with Crippen molar-refractivity contribution in [2.24, 2.45) is 11.7 Å². The summed E-state index contributed by atoms with van der Waals surface area (Å²) in [6.45, 7) is 6.84. The van der Waals surface area contributed by atoms with Gasteiger partial charge in [-0.1, -0.05) is 43.3 Å². The van der Waals surface area contributed by atoms with E-state index in [1.165, 1.54) is 35.7 Å². The first-order valence-electron chi connectivity index (χ1n) is 8.12. The Morgan fingerprint density at radius 2 is 1.90 bits per heavy atom. The molecular formula is C19H26N2. The molecule has 1 aliphatic rings. The Morgan fingerprint density at radius 1 is 1.14 bits per heavy atom. The van der Waals surface area contributed by atoms with Crippen LogP contribution in [0.2, 0.25) is 0 Å². The van der Waals surface area contributed by atoms with Gasteiger partial charge < -0.3 is 5.73 Å². The molecule has 3 rings (SSSR count). The average Bonchev–Trinajstić information content (AvgIpc) is 2.49. The molecule has 1 heterocycles. The van der Waals surface area contributed by atoms with E-state index in [2.05, 4.69) is 61.2 Å². The Morgan fingerprint density at radius 3 is 2.67 bits per heavy atom. The van der Waals surface area contributed by atoms with Crippen LogP contribution in [0.3, 0.4) is 0 Å². The Hall–Kier alpha value is -1.38. The zero-order valence-corrected chi connectivity index (χ0v) is 13.1. The van der Waals surface area contributed by atoms with E-state index in [-0.39, 0.29) is 6.04 Å². The van der Waals surface area contributed by atoms with E-state index >= 15 is 0 Å². The van der Waals surface area contributed by atoms with Gasteiger partial charge >= 0.3 is 0 Å². The van der Waals surface area contributed by atoms with Crippen LogP contribution in [0.5, 0.6) is 0 Å². The second-order valence-electron chi connectivity index (χ2n) is 6.69. The maximum Gasteiger partial charge on any atom is 0.0424 e. The topological polar surface area (TPSA) is 29.3 Å². The quantitative estimate of drug-likeness (QED) is 0.923. The molecule has 0 bridgehead atoms. The van der Waals surface area contributed by atoms with Gasteiger partial charge in [0.25, 0.3) is 0 Å². The van der Waals surface area contributed by atoms with Gasteiger partial charge in [0.1, 0.15) is 0 Å². The number of nitrogens with zero attached hydrogens (tertiary/aromatic N) is 1. The molecule has 2 nitrogen and oxygen atoms in total. The first-order chi connectivity index (χ1) is 10.1. The lowest BCUT2D eigenvalue weighted by Gasteiger charge is -2.38. The fourth-order valence-corrected chi connectivity index (χ4v) is 3.52. The summed E-state index contributed by atoms with van der Waals surface area (Å²) in [7, 11) is 0. The molecule has 2 aromatic carbocycles. The van der Waals surface area contributed by atoms with Crippen LogP contribution in [-0.2, 0) is 0 Å². The first-order valence-corrected chi connectivity index (χ1v) is 8.12. The summed E-state index contributed by atoms with van der Waals surface area (Å²) in [5.74, 6) is 0.855. The van der Waals surface area contributed by atoms with E-state index < -0.39 is 0 Å². The first kappa shape index (κ1) is 14.6. The molecule has 0 amide bonds. The summed E-state index contributed by atoms with van der Waals surface area (Å²) in [6.07, 6.45) is 2.60. The van der Waals surface area contributed by atoms with E-state index in [1.807, 2.05) is 0 Å². The fraction of sp³-hybridized carbons (Fsp3) is 0.474. The second-order valence-corrected chi connectivity index (χ2v) is 6.69. The highest BCUT2D eigenvalue weighted by Gasteiger charge is 2.24. The van der Waals surface area contributed by atoms with Crippen molar-refractivity contribution in [3.8, 4) is 0 Å². The Labute approximate surface area is 127 Å². The number of hydrogen-bond donors (Lipinski definition) is 1. The predicted octanol–water partition coefficient (Wildman–Crippen LogP) is 3.96. The van der Waals surface area contributed by atoms with Crippen LogP contribution in [0.25, 0.3) is 10.8 Å². The largest absolute Gasteiger partial charge is 0.323 e. The zero-order chi connectivity index (χ0) is 14.8. The van der Waals surface area contributed by atoms with Crippen LogP contribution in [-0.4, -0.2) is 24.0 Å². The number of fused-ring (bicyclic) bond motifs is 1. The van der Waals surface area contributed by atoms with Crippen molar-refractivity contribution in [1.29, 1.82) is 0 Å². The van der Waals surface area contributed by atoms with Gasteiger partial charge in [0.15, 0.2) is 0 Å². The maximum atomic E-state index is 6.47. The minimum absolute atomic E-state index is 0.102. The number of likely N-dealkylation sites (tertiary alicyclic amines) is 1. The lowest BCUT2D eigenvalue weighted by Crippen LogP contribution is -2.43. The molecule has 0 spiro atoms. The smallest absolute Gasteiger partial charge is 0.0424 e. The standard InChI is InChI=1S/C19H26N2/c1-14-9-10-21(15(2)11-14)13-19(20)18-8-7-16-5-3-4-6-17(16)12-18/h3-8,12,14-15,19H,9-11,13,20H2,1-2H3. The van der Waals surface area contributed by atoms with Crippen molar-refractivity contribution in [2.45, 2.75) is 38.8 Å². The van der Waals surface area contributed by atoms with Gasteiger partial charge in [-0.15, -0.1) is 0 Å². The molecule has 0 saturated carbocycles. The van der Waals surface area contributed by atoms with Gasteiger partial charge in [0.2, 0.25) is 0 Å². The van der Waals surface area contributed by atoms with Gasteiger partial charge in [0, 0.05) is 18.6 Å². The third-order valence-corrected chi connectivity index (χ3v) is 4.91. The lowest BCUT2D eigenvalue weighted by atomic mass is 9.92. The van der Waals surface area contributed by atoms with E-state index in [4.69, 9.17) is 5.73 Å². The van der Waals surface area contributed by atoms with Crippen LogP contribution in [0, 0.1) is 5.92 Å². The molecule has 1 fully saturated rings. The molecule has 0 aliphatic carbocycles. The summed E-state index contributed by atoms with van der Waals surface area (Å²) in [4.78, 5) is 2.56. The van der Waals surface area contributed by atoms with Crippen molar-refractivity contribution in [2.75, 3.05) is 13.1 Å². The predicted molar refractivity (Wildman–Crippen MR) is 90.3 cm³/mol. The number of rotatable bonds is 3. The van der Waals surface area contributed by atoms with Crippen molar-refractivity contribution >= 4 is 10.8 Å². The minimum Gasteiger partial charge on any atom is -0.323 e. The fourth-order valence-electron chi connectivity index (χ4n) is 3.52. The third-order valence-electron chi connectivity index (χ3n) is 4.91. The highest BCUT2D eigenvalue weighted by atomic mass is 15.2. The number of benzene rings is 2. The van der Waals surface area contributed by atoms with Crippen LogP contribution in [0.15, 0.2) is 42.5 Å². The van der Waals surface area contributed by atoms with E-state index in [9.17, 15) is 0 Å². The van der Waals surface area contributed by atoms with Crippen LogP contribution < -0.4 is 5.73 Å². The monoisotopic (exact) mass is 282 g/mol. The SMILES string of the molecule is CC1CCN(CC(N)c2ccc3ccccc3c2)C(C)C1. The van der Waals surface area contributed by atoms with E-state index in [0.717, 1.165) is 12.5 Å². The highest BCUT2D eigenvalue weighted by Crippen LogP contribution is 2.25. The average molecular weight is 282 g/mol. The zero-order valence-electron chi connectivity index (χ0n) is 13.1. The van der Waals surface area contributed by atoms with Gasteiger partial charge in [-0.05, 0) is 54.6 Å². The van der Waals surface area contributed by atoms with Gasteiger partial charge in [-0.3, -0.25) is 4.90 Å². The molecule has 2 aromatic rings. The van der Waals surface area contributed by atoms with Crippen molar-refractivity contribution in [3.05, 3.63) is 48.0 Å². The molecule has 1 aliphatic heterocycles. The summed E-state index contributed by atoms with van der Waals surface area (Å²) in [5, 5.41) is 2.57. The third kappa shape index (κ3) is 3.28. The van der Waals surface area contributed by atoms with Crippen molar-refractivity contribution < 1.29 is 0 Å². The van der Waals surface area contributed by atoms with Gasteiger partial charge in [-0.25, -0.2) is 0 Å². The van der Waals surface area contributed by atoms with E-state index in [1.54, 1.807) is 0 Å². The highest BCUT2D eigenvalue weighted by molar-refractivity contribution is 5.83. The summed E-state index contributed by atoms with van der Waals surface area (Å²) < 4.78 is 0. The Balaban J connectivity index is 1.73. The van der Waals surface area contributed by atoms with Gasteiger partial charge in [-0.2, -0.15) is 0 Å². The van der Waals surface area contributed by atoms with Crippen LogP contribution in [0.4, 0.5) is 0 Å². The summed E-state index contributed by atoms with van der Waals surface area (Å²) in [6, 6.07) is 15.9. The summed E-state index contributed by atoms with van der Waals surface area (Å²) in [5.41, 5.74) is 7.72. The number of piperidine rings is 1.